The molecule has 2 aromatic heterocycles. The molecule has 6 rings (SSSR count). The topological polar surface area (TPSA) is 40.1 Å². The van der Waals surface area contributed by atoms with E-state index in [1.807, 2.05) is 6.33 Å². The molecule has 2 bridgehead atoms. The van der Waals surface area contributed by atoms with Crippen molar-refractivity contribution in [2.45, 2.75) is 52.4 Å². The van der Waals surface area contributed by atoms with Crippen LogP contribution in [0.4, 0.5) is 0 Å². The third-order valence-corrected chi connectivity index (χ3v) is 6.77. The molecular weight excluding hydrogens is 346 g/mol. The second-order valence-corrected chi connectivity index (χ2v) is 8.69. The van der Waals surface area contributed by atoms with Gasteiger partial charge in [-0.3, -0.25) is 9.80 Å². The molecule has 3 saturated heterocycles. The number of hydrogen-bond donors (Lipinski definition) is 1. The van der Waals surface area contributed by atoms with Crippen molar-refractivity contribution in [2.75, 3.05) is 19.6 Å². The number of hydrogen-bond acceptors (Lipinski definition) is 3. The number of benzene rings is 1. The SMILES string of the molecule is CCn1ccc2ccc(CN3C[C@H]4CC[C@@H]3CN(Cc3nc[nH]c3C)C4)cc21. The highest BCUT2D eigenvalue weighted by Gasteiger charge is 2.34. The molecule has 1 aromatic carbocycles. The Morgan fingerprint density at radius 1 is 1.11 bits per heavy atom. The van der Waals surface area contributed by atoms with Gasteiger partial charge in [-0.15, -0.1) is 0 Å². The first-order valence-electron chi connectivity index (χ1n) is 10.7. The molecule has 5 heteroatoms. The summed E-state index contributed by atoms with van der Waals surface area (Å²) < 4.78 is 2.35. The highest BCUT2D eigenvalue weighted by atomic mass is 15.3. The number of nitrogens with one attached hydrogen (secondary N) is 1. The first-order chi connectivity index (χ1) is 13.7. The maximum atomic E-state index is 4.52. The molecule has 0 unspecified atom stereocenters. The summed E-state index contributed by atoms with van der Waals surface area (Å²) in [5.74, 6) is 0.779. The van der Waals surface area contributed by atoms with E-state index in [0.29, 0.717) is 6.04 Å². The van der Waals surface area contributed by atoms with Gasteiger partial charge in [-0.2, -0.15) is 0 Å². The molecule has 0 spiro atoms. The highest BCUT2D eigenvalue weighted by molar-refractivity contribution is 5.80. The van der Waals surface area contributed by atoms with Gasteiger partial charge in [-0.1, -0.05) is 12.1 Å². The molecule has 148 valence electrons. The van der Waals surface area contributed by atoms with E-state index < -0.39 is 0 Å². The smallest absolute Gasteiger partial charge is 0.0925 e. The molecule has 2 atom stereocenters. The lowest BCUT2D eigenvalue weighted by molar-refractivity contribution is 0.123. The van der Waals surface area contributed by atoms with Gasteiger partial charge in [0.15, 0.2) is 0 Å². The zero-order valence-electron chi connectivity index (χ0n) is 17.1. The van der Waals surface area contributed by atoms with E-state index in [9.17, 15) is 0 Å². The van der Waals surface area contributed by atoms with Gasteiger partial charge in [-0.05, 0) is 55.7 Å². The van der Waals surface area contributed by atoms with Crippen molar-refractivity contribution in [2.24, 2.45) is 5.92 Å². The molecule has 0 aliphatic carbocycles. The second-order valence-electron chi connectivity index (χ2n) is 8.69. The number of rotatable bonds is 5. The number of aryl methyl sites for hydroxylation is 2. The van der Waals surface area contributed by atoms with Crippen molar-refractivity contribution in [3.05, 3.63) is 53.7 Å². The van der Waals surface area contributed by atoms with Crippen molar-refractivity contribution < 1.29 is 0 Å². The largest absolute Gasteiger partial charge is 0.348 e. The quantitative estimate of drug-likeness (QED) is 0.735. The van der Waals surface area contributed by atoms with Gasteiger partial charge in [0.05, 0.1) is 12.0 Å². The fraction of sp³-hybridized carbons (Fsp3) is 0.522. The van der Waals surface area contributed by atoms with Crippen molar-refractivity contribution >= 4 is 10.9 Å². The van der Waals surface area contributed by atoms with E-state index >= 15 is 0 Å². The van der Waals surface area contributed by atoms with Gasteiger partial charge in [0.1, 0.15) is 0 Å². The van der Waals surface area contributed by atoms with Crippen LogP contribution in [0.25, 0.3) is 10.9 Å². The van der Waals surface area contributed by atoms with Gasteiger partial charge >= 0.3 is 0 Å². The standard InChI is InChI=1S/C23H31N5/c1-3-27-9-8-20-6-4-18(10-23(20)27)12-28-13-19-5-7-21(28)14-26(11-19)15-22-17(2)24-16-25-22/h4,6,8-10,16,19,21H,3,5,7,11-15H2,1-2H3,(H,24,25)/t19-,21+/m0/s1. The van der Waals surface area contributed by atoms with Crippen molar-refractivity contribution in [3.8, 4) is 0 Å². The summed E-state index contributed by atoms with van der Waals surface area (Å²) >= 11 is 0. The first-order valence-corrected chi connectivity index (χ1v) is 10.7. The van der Waals surface area contributed by atoms with Crippen molar-refractivity contribution in [3.63, 3.8) is 0 Å². The van der Waals surface area contributed by atoms with E-state index in [1.165, 1.54) is 53.8 Å². The molecule has 5 heterocycles. The van der Waals surface area contributed by atoms with Gasteiger partial charge in [0.2, 0.25) is 0 Å². The predicted octanol–water partition coefficient (Wildman–Crippen LogP) is 3.79. The van der Waals surface area contributed by atoms with Crippen LogP contribution in [0.5, 0.6) is 0 Å². The van der Waals surface area contributed by atoms with Crippen LogP contribution in [0.2, 0.25) is 0 Å². The Morgan fingerprint density at radius 3 is 2.86 bits per heavy atom. The van der Waals surface area contributed by atoms with E-state index in [0.717, 1.165) is 32.1 Å². The van der Waals surface area contributed by atoms with Crippen LogP contribution in [0.3, 0.4) is 0 Å². The maximum Gasteiger partial charge on any atom is 0.0925 e. The lowest BCUT2D eigenvalue weighted by atomic mass is 9.94. The van der Waals surface area contributed by atoms with Crippen molar-refractivity contribution in [1.29, 1.82) is 0 Å². The third kappa shape index (κ3) is 3.38. The summed E-state index contributed by atoms with van der Waals surface area (Å²) in [5.41, 5.74) is 5.23. The molecule has 1 N–H and O–H groups in total. The average Bonchev–Trinajstić information content (AvgIpc) is 3.18. The van der Waals surface area contributed by atoms with Gasteiger partial charge in [0, 0.05) is 62.7 Å². The Hall–Kier alpha value is -2.11. The van der Waals surface area contributed by atoms with E-state index in [-0.39, 0.29) is 0 Å². The molecular formula is C23H31N5. The van der Waals surface area contributed by atoms with E-state index in [1.54, 1.807) is 0 Å². The van der Waals surface area contributed by atoms with Gasteiger partial charge in [0.25, 0.3) is 0 Å². The van der Waals surface area contributed by atoms with Gasteiger partial charge in [-0.25, -0.2) is 4.98 Å². The molecule has 3 aromatic rings. The zero-order valence-corrected chi connectivity index (χ0v) is 17.1. The Bertz CT molecular complexity index is 955. The number of piperidine rings is 1. The highest BCUT2D eigenvalue weighted by Crippen LogP contribution is 2.30. The number of aromatic nitrogens is 3. The average molecular weight is 378 g/mol. The molecule has 0 saturated carbocycles. The minimum Gasteiger partial charge on any atom is -0.348 e. The molecule has 3 aliphatic heterocycles. The zero-order chi connectivity index (χ0) is 19.1. The molecule has 0 amide bonds. The maximum absolute atomic E-state index is 4.52. The Kier molecular flexibility index (Phi) is 4.73. The fourth-order valence-corrected chi connectivity index (χ4v) is 5.20. The monoisotopic (exact) mass is 377 g/mol. The second kappa shape index (κ2) is 7.37. The first kappa shape index (κ1) is 18.0. The minimum absolute atomic E-state index is 0.659. The van der Waals surface area contributed by atoms with Crippen LogP contribution in [-0.2, 0) is 19.6 Å². The van der Waals surface area contributed by atoms with Crippen molar-refractivity contribution in [1.82, 2.24) is 24.3 Å². The summed E-state index contributed by atoms with van der Waals surface area (Å²) in [6, 6.07) is 9.91. The Labute approximate surface area is 167 Å². The predicted molar refractivity (Wildman–Crippen MR) is 113 cm³/mol. The molecule has 5 nitrogen and oxygen atoms in total. The number of H-pyrrole nitrogens is 1. The molecule has 28 heavy (non-hydrogen) atoms. The number of imidazole rings is 1. The minimum atomic E-state index is 0.659. The summed E-state index contributed by atoms with van der Waals surface area (Å²) in [7, 11) is 0. The van der Waals surface area contributed by atoms with Crippen LogP contribution in [0.15, 0.2) is 36.8 Å². The summed E-state index contributed by atoms with van der Waals surface area (Å²) in [6.07, 6.45) is 6.73. The summed E-state index contributed by atoms with van der Waals surface area (Å²) in [5, 5.41) is 1.35. The van der Waals surface area contributed by atoms with E-state index in [2.05, 4.69) is 68.6 Å². The van der Waals surface area contributed by atoms with Crippen LogP contribution in [0.1, 0.15) is 36.7 Å². The van der Waals surface area contributed by atoms with Crippen LogP contribution < -0.4 is 0 Å². The molecule has 0 radical (unpaired) electrons. The summed E-state index contributed by atoms with van der Waals surface area (Å²) in [6.45, 7) is 11.0. The summed E-state index contributed by atoms with van der Waals surface area (Å²) in [4.78, 5) is 13.1. The molecule has 3 fully saturated rings. The number of aromatic amines is 1. The fourth-order valence-electron chi connectivity index (χ4n) is 5.20. The van der Waals surface area contributed by atoms with Gasteiger partial charge < -0.3 is 9.55 Å². The van der Waals surface area contributed by atoms with Crippen LogP contribution >= 0.6 is 0 Å². The Morgan fingerprint density at radius 2 is 2.04 bits per heavy atom. The Balaban J connectivity index is 1.32. The normalized spacial score (nSPS) is 23.5. The lowest BCUT2D eigenvalue weighted by Crippen LogP contribution is -2.43. The molecule has 3 aliphatic rings. The van der Waals surface area contributed by atoms with Crippen LogP contribution in [-0.4, -0.2) is 50.0 Å². The number of fused-ring (bicyclic) bond motifs is 5. The van der Waals surface area contributed by atoms with Crippen LogP contribution in [0, 0.1) is 12.8 Å². The lowest BCUT2D eigenvalue weighted by Gasteiger charge is -2.36. The van der Waals surface area contributed by atoms with E-state index in [4.69, 9.17) is 0 Å². The number of nitrogens with zero attached hydrogens (tertiary/aromatic N) is 4. The third-order valence-electron chi connectivity index (χ3n) is 6.77.